The zero-order chi connectivity index (χ0) is 8.55. The SMILES string of the molecule is FC(F)[C@H]1C[C@@H]1NC1CCCC1. The molecular weight excluding hydrogens is 160 g/mol. The van der Waals surface area contributed by atoms with Crippen molar-refractivity contribution < 1.29 is 8.78 Å². The number of hydrogen-bond donors (Lipinski definition) is 1. The Labute approximate surface area is 71.5 Å². The minimum absolute atomic E-state index is 0.132. The van der Waals surface area contributed by atoms with Gasteiger partial charge in [-0.2, -0.15) is 0 Å². The van der Waals surface area contributed by atoms with Gasteiger partial charge in [0.25, 0.3) is 0 Å². The molecule has 0 amide bonds. The fraction of sp³-hybridized carbons (Fsp3) is 1.00. The van der Waals surface area contributed by atoms with Crippen LogP contribution in [0, 0.1) is 5.92 Å². The fourth-order valence-electron chi connectivity index (χ4n) is 2.08. The van der Waals surface area contributed by atoms with E-state index in [-0.39, 0.29) is 12.0 Å². The van der Waals surface area contributed by atoms with Crippen molar-refractivity contribution in [1.29, 1.82) is 0 Å². The van der Waals surface area contributed by atoms with Gasteiger partial charge in [-0.15, -0.1) is 0 Å². The third-order valence-electron chi connectivity index (χ3n) is 2.97. The molecule has 2 atom stereocenters. The summed E-state index contributed by atoms with van der Waals surface area (Å²) in [6, 6.07) is 0.673. The molecule has 0 saturated heterocycles. The van der Waals surface area contributed by atoms with E-state index in [1.807, 2.05) is 0 Å². The molecule has 1 nitrogen and oxygen atoms in total. The Kier molecular flexibility index (Phi) is 2.31. The normalized spacial score (nSPS) is 36.2. The third kappa shape index (κ3) is 1.76. The molecule has 12 heavy (non-hydrogen) atoms. The number of nitrogens with one attached hydrogen (secondary N) is 1. The molecule has 2 aliphatic carbocycles. The van der Waals surface area contributed by atoms with Crippen LogP contribution in [0.15, 0.2) is 0 Å². The summed E-state index contributed by atoms with van der Waals surface area (Å²) in [4.78, 5) is 0. The van der Waals surface area contributed by atoms with Crippen LogP contribution in [0.2, 0.25) is 0 Å². The van der Waals surface area contributed by atoms with Crippen LogP contribution in [0.5, 0.6) is 0 Å². The standard InChI is InChI=1S/C9H15F2N/c10-9(11)7-5-8(7)12-6-3-1-2-4-6/h6-9,12H,1-5H2/t7-,8-/m0/s1. The van der Waals surface area contributed by atoms with Gasteiger partial charge in [0, 0.05) is 18.0 Å². The molecule has 0 aromatic heterocycles. The van der Waals surface area contributed by atoms with Crippen LogP contribution in [0.1, 0.15) is 32.1 Å². The van der Waals surface area contributed by atoms with Crippen molar-refractivity contribution >= 4 is 0 Å². The van der Waals surface area contributed by atoms with Crippen LogP contribution in [-0.4, -0.2) is 18.5 Å². The van der Waals surface area contributed by atoms with Gasteiger partial charge in [-0.25, -0.2) is 8.78 Å². The molecule has 0 unspecified atom stereocenters. The Balaban J connectivity index is 1.68. The first-order valence-corrected chi connectivity index (χ1v) is 4.81. The van der Waals surface area contributed by atoms with Crippen molar-refractivity contribution in [2.75, 3.05) is 0 Å². The Bertz CT molecular complexity index is 155. The largest absolute Gasteiger partial charge is 0.311 e. The maximum atomic E-state index is 12.1. The lowest BCUT2D eigenvalue weighted by molar-refractivity contribution is 0.118. The first-order chi connectivity index (χ1) is 5.77. The van der Waals surface area contributed by atoms with Gasteiger partial charge < -0.3 is 5.32 Å². The van der Waals surface area contributed by atoms with Crippen LogP contribution < -0.4 is 5.32 Å². The second-order valence-electron chi connectivity index (χ2n) is 3.99. The lowest BCUT2D eigenvalue weighted by Crippen LogP contribution is -2.30. The molecule has 0 aromatic rings. The smallest absolute Gasteiger partial charge is 0.242 e. The van der Waals surface area contributed by atoms with Gasteiger partial charge in [-0.05, 0) is 19.3 Å². The van der Waals surface area contributed by atoms with Gasteiger partial charge in [0.2, 0.25) is 6.43 Å². The molecule has 0 radical (unpaired) electrons. The summed E-state index contributed by atoms with van der Waals surface area (Å²) < 4.78 is 24.2. The van der Waals surface area contributed by atoms with Gasteiger partial charge in [-0.3, -0.25) is 0 Å². The highest BCUT2D eigenvalue weighted by atomic mass is 19.3. The molecule has 0 aliphatic heterocycles. The van der Waals surface area contributed by atoms with E-state index in [1.165, 1.54) is 25.7 Å². The molecule has 70 valence electrons. The van der Waals surface area contributed by atoms with Gasteiger partial charge in [0.1, 0.15) is 0 Å². The van der Waals surface area contributed by atoms with Crippen LogP contribution in [-0.2, 0) is 0 Å². The van der Waals surface area contributed by atoms with Gasteiger partial charge in [0.15, 0.2) is 0 Å². The zero-order valence-corrected chi connectivity index (χ0v) is 7.10. The molecule has 2 rings (SSSR count). The van der Waals surface area contributed by atoms with E-state index in [2.05, 4.69) is 5.32 Å². The summed E-state index contributed by atoms with van der Waals surface area (Å²) in [5.41, 5.74) is 0. The molecule has 1 N–H and O–H groups in total. The number of halogens is 2. The second kappa shape index (κ2) is 3.29. The number of alkyl halides is 2. The van der Waals surface area contributed by atoms with Crippen molar-refractivity contribution in [2.45, 2.75) is 50.6 Å². The Morgan fingerprint density at radius 3 is 2.33 bits per heavy atom. The van der Waals surface area contributed by atoms with Gasteiger partial charge in [0.05, 0.1) is 0 Å². The lowest BCUT2D eigenvalue weighted by Gasteiger charge is -2.10. The maximum absolute atomic E-state index is 12.1. The highest BCUT2D eigenvalue weighted by molar-refractivity contribution is 4.97. The summed E-state index contributed by atoms with van der Waals surface area (Å²) in [7, 11) is 0. The lowest BCUT2D eigenvalue weighted by atomic mass is 10.2. The third-order valence-corrected chi connectivity index (χ3v) is 2.97. The van der Waals surface area contributed by atoms with Crippen LogP contribution in [0.4, 0.5) is 8.78 Å². The van der Waals surface area contributed by atoms with E-state index >= 15 is 0 Å². The van der Waals surface area contributed by atoms with Crippen LogP contribution in [0.25, 0.3) is 0 Å². The fourth-order valence-corrected chi connectivity index (χ4v) is 2.08. The molecule has 0 heterocycles. The summed E-state index contributed by atoms with van der Waals surface area (Å²) in [5.74, 6) is -0.342. The highest BCUT2D eigenvalue weighted by Crippen LogP contribution is 2.37. The molecule has 0 spiro atoms. The van der Waals surface area contributed by atoms with E-state index in [0.29, 0.717) is 12.5 Å². The van der Waals surface area contributed by atoms with Gasteiger partial charge >= 0.3 is 0 Å². The molecule has 0 aromatic carbocycles. The molecule has 3 heteroatoms. The molecule has 2 aliphatic rings. The molecule has 2 fully saturated rings. The predicted molar refractivity (Wildman–Crippen MR) is 43.3 cm³/mol. The molecule has 0 bridgehead atoms. The minimum Gasteiger partial charge on any atom is -0.311 e. The Morgan fingerprint density at radius 2 is 1.83 bits per heavy atom. The Morgan fingerprint density at radius 1 is 1.17 bits per heavy atom. The monoisotopic (exact) mass is 175 g/mol. The summed E-state index contributed by atoms with van der Waals surface area (Å²) >= 11 is 0. The average Bonchev–Trinajstić information content (AvgIpc) is 2.57. The van der Waals surface area contributed by atoms with Crippen LogP contribution >= 0.6 is 0 Å². The number of hydrogen-bond acceptors (Lipinski definition) is 1. The van der Waals surface area contributed by atoms with E-state index in [0.717, 1.165) is 0 Å². The van der Waals surface area contributed by atoms with Crippen LogP contribution in [0.3, 0.4) is 0 Å². The minimum atomic E-state index is -2.11. The van der Waals surface area contributed by atoms with E-state index in [9.17, 15) is 8.78 Å². The first kappa shape index (κ1) is 8.42. The molecular formula is C9H15F2N. The first-order valence-electron chi connectivity index (χ1n) is 4.81. The van der Waals surface area contributed by atoms with E-state index in [4.69, 9.17) is 0 Å². The van der Waals surface area contributed by atoms with Gasteiger partial charge in [-0.1, -0.05) is 12.8 Å². The predicted octanol–water partition coefficient (Wildman–Crippen LogP) is 2.17. The average molecular weight is 175 g/mol. The maximum Gasteiger partial charge on any atom is 0.242 e. The molecule has 2 saturated carbocycles. The highest BCUT2D eigenvalue weighted by Gasteiger charge is 2.44. The zero-order valence-electron chi connectivity index (χ0n) is 7.10. The van der Waals surface area contributed by atoms with Crippen molar-refractivity contribution in [2.24, 2.45) is 5.92 Å². The summed E-state index contributed by atoms with van der Waals surface area (Å²) in [5, 5.41) is 3.30. The Hall–Kier alpha value is -0.180. The van der Waals surface area contributed by atoms with Crippen molar-refractivity contribution in [3.63, 3.8) is 0 Å². The van der Waals surface area contributed by atoms with Crippen molar-refractivity contribution in [3.8, 4) is 0 Å². The van der Waals surface area contributed by atoms with Crippen molar-refractivity contribution in [1.82, 2.24) is 5.32 Å². The van der Waals surface area contributed by atoms with E-state index in [1.54, 1.807) is 0 Å². The quantitative estimate of drug-likeness (QED) is 0.693. The number of rotatable bonds is 3. The summed E-state index contributed by atoms with van der Waals surface area (Å²) in [6.45, 7) is 0. The second-order valence-corrected chi connectivity index (χ2v) is 3.99. The topological polar surface area (TPSA) is 12.0 Å². The van der Waals surface area contributed by atoms with Crippen molar-refractivity contribution in [3.05, 3.63) is 0 Å². The summed E-state index contributed by atoms with van der Waals surface area (Å²) in [6.07, 6.45) is 3.49. The van der Waals surface area contributed by atoms with E-state index < -0.39 is 6.43 Å².